The average molecular weight is 245 g/mol. The molecular formula is C11H23N3OS. The zero-order chi connectivity index (χ0) is 12.9. The third-order valence-electron chi connectivity index (χ3n) is 2.60. The number of hydrogen-bond donors (Lipinski definition) is 1. The fourth-order valence-electron chi connectivity index (χ4n) is 1.31. The van der Waals surface area contributed by atoms with Gasteiger partial charge in [0.1, 0.15) is 0 Å². The number of thiocarbonyl (C=S) groups is 1. The molecular weight excluding hydrogens is 222 g/mol. The van der Waals surface area contributed by atoms with Gasteiger partial charge < -0.3 is 15.5 Å². The normalized spacial score (nSPS) is 11.6. The molecule has 0 aromatic carbocycles. The summed E-state index contributed by atoms with van der Waals surface area (Å²) in [5, 5.41) is 0. The molecule has 2 N–H and O–H groups in total. The second-order valence-corrected chi connectivity index (χ2v) is 5.31. The lowest BCUT2D eigenvalue weighted by Gasteiger charge is -2.28. The lowest BCUT2D eigenvalue weighted by Crippen LogP contribution is -2.46. The Kier molecular flexibility index (Phi) is 5.89. The highest BCUT2D eigenvalue weighted by atomic mass is 32.1. The van der Waals surface area contributed by atoms with Gasteiger partial charge in [-0.3, -0.25) is 4.79 Å². The zero-order valence-electron chi connectivity index (χ0n) is 10.9. The fourth-order valence-corrected chi connectivity index (χ4v) is 1.40. The van der Waals surface area contributed by atoms with E-state index in [0.717, 1.165) is 19.5 Å². The summed E-state index contributed by atoms with van der Waals surface area (Å²) in [7, 11) is 5.82. The Bertz CT molecular complexity index is 264. The van der Waals surface area contributed by atoms with Gasteiger partial charge in [0.25, 0.3) is 0 Å². The molecule has 1 amide bonds. The Morgan fingerprint density at radius 1 is 1.25 bits per heavy atom. The number of amides is 1. The van der Waals surface area contributed by atoms with Crippen LogP contribution in [0.2, 0.25) is 0 Å². The first-order chi connectivity index (χ1) is 7.19. The van der Waals surface area contributed by atoms with Crippen LogP contribution in [0.1, 0.15) is 20.3 Å². The summed E-state index contributed by atoms with van der Waals surface area (Å²) in [5.41, 5.74) is 4.81. The van der Waals surface area contributed by atoms with E-state index in [-0.39, 0.29) is 10.9 Å². The van der Waals surface area contributed by atoms with Gasteiger partial charge in [0.15, 0.2) is 0 Å². The van der Waals surface area contributed by atoms with Crippen molar-refractivity contribution in [2.75, 3.05) is 34.2 Å². The van der Waals surface area contributed by atoms with Crippen LogP contribution in [0.5, 0.6) is 0 Å². The Morgan fingerprint density at radius 3 is 2.12 bits per heavy atom. The van der Waals surface area contributed by atoms with Gasteiger partial charge in [0.2, 0.25) is 5.91 Å². The molecule has 0 aliphatic carbocycles. The first kappa shape index (κ1) is 15.3. The third-order valence-corrected chi connectivity index (χ3v) is 3.11. The van der Waals surface area contributed by atoms with Crippen molar-refractivity contribution in [3.8, 4) is 0 Å². The minimum absolute atomic E-state index is 0.0150. The van der Waals surface area contributed by atoms with Crippen molar-refractivity contribution < 1.29 is 4.79 Å². The molecule has 5 heteroatoms. The number of rotatable bonds is 6. The van der Waals surface area contributed by atoms with Crippen molar-refractivity contribution in [1.29, 1.82) is 0 Å². The van der Waals surface area contributed by atoms with Gasteiger partial charge in [-0.1, -0.05) is 12.2 Å². The quantitative estimate of drug-likeness (QED) is 0.700. The van der Waals surface area contributed by atoms with E-state index >= 15 is 0 Å². The van der Waals surface area contributed by atoms with Crippen LogP contribution in [0.25, 0.3) is 0 Å². The van der Waals surface area contributed by atoms with Crippen LogP contribution >= 0.6 is 12.2 Å². The molecule has 0 rings (SSSR count). The van der Waals surface area contributed by atoms with Gasteiger partial charge in [-0.2, -0.15) is 0 Å². The summed E-state index contributed by atoms with van der Waals surface area (Å²) in [5.74, 6) is -0.0150. The molecule has 0 aromatic heterocycles. The molecule has 0 unspecified atom stereocenters. The summed E-state index contributed by atoms with van der Waals surface area (Å²) < 4.78 is 0. The number of hydrogen-bond acceptors (Lipinski definition) is 3. The highest BCUT2D eigenvalue weighted by molar-refractivity contribution is 7.80. The topological polar surface area (TPSA) is 49.6 Å². The molecule has 0 atom stereocenters. The van der Waals surface area contributed by atoms with Crippen LogP contribution in [-0.2, 0) is 4.79 Å². The molecule has 0 aliphatic rings. The van der Waals surface area contributed by atoms with Crippen LogP contribution in [0.15, 0.2) is 0 Å². The largest absolute Gasteiger partial charge is 0.392 e. The zero-order valence-corrected chi connectivity index (χ0v) is 11.7. The molecule has 94 valence electrons. The molecule has 0 heterocycles. The van der Waals surface area contributed by atoms with Gasteiger partial charge in [0.05, 0.1) is 10.4 Å². The molecule has 0 radical (unpaired) electrons. The Morgan fingerprint density at radius 2 is 1.75 bits per heavy atom. The summed E-state index contributed by atoms with van der Waals surface area (Å²) in [6.07, 6.45) is 0.947. The minimum atomic E-state index is -0.748. The van der Waals surface area contributed by atoms with E-state index in [4.69, 9.17) is 18.0 Å². The van der Waals surface area contributed by atoms with E-state index in [1.165, 1.54) is 0 Å². The highest BCUT2D eigenvalue weighted by Gasteiger charge is 2.33. The van der Waals surface area contributed by atoms with Crippen molar-refractivity contribution in [3.05, 3.63) is 0 Å². The van der Waals surface area contributed by atoms with Gasteiger partial charge in [-0.15, -0.1) is 0 Å². The number of nitrogens with zero attached hydrogens (tertiary/aromatic N) is 2. The average Bonchev–Trinajstić information content (AvgIpc) is 2.15. The summed E-state index contributed by atoms with van der Waals surface area (Å²) in [6, 6.07) is 0. The summed E-state index contributed by atoms with van der Waals surface area (Å²) in [4.78, 5) is 16.1. The molecule has 0 saturated carbocycles. The smallest absolute Gasteiger partial charge is 0.234 e. The van der Waals surface area contributed by atoms with Crippen molar-refractivity contribution in [3.63, 3.8) is 0 Å². The Labute approximate surface area is 104 Å². The molecule has 0 fully saturated rings. The van der Waals surface area contributed by atoms with E-state index in [1.807, 2.05) is 14.1 Å². The highest BCUT2D eigenvalue weighted by Crippen LogP contribution is 2.18. The predicted molar refractivity (Wildman–Crippen MR) is 71.4 cm³/mol. The van der Waals surface area contributed by atoms with Gasteiger partial charge >= 0.3 is 0 Å². The van der Waals surface area contributed by atoms with Gasteiger partial charge in [-0.05, 0) is 40.9 Å². The maximum Gasteiger partial charge on any atom is 0.234 e. The first-order valence-electron chi connectivity index (χ1n) is 5.39. The number of carbonyl (C=O) groups excluding carboxylic acids is 1. The maximum absolute atomic E-state index is 12.0. The van der Waals surface area contributed by atoms with E-state index in [9.17, 15) is 4.79 Å². The first-order valence-corrected chi connectivity index (χ1v) is 5.80. The van der Waals surface area contributed by atoms with E-state index in [0.29, 0.717) is 0 Å². The van der Waals surface area contributed by atoms with E-state index in [1.54, 1.807) is 25.8 Å². The number of carbonyl (C=O) groups is 1. The monoisotopic (exact) mass is 245 g/mol. The van der Waals surface area contributed by atoms with Crippen molar-refractivity contribution >= 4 is 23.1 Å². The molecule has 0 saturated heterocycles. The van der Waals surface area contributed by atoms with Crippen LogP contribution in [0.3, 0.4) is 0 Å². The van der Waals surface area contributed by atoms with Crippen LogP contribution in [0.4, 0.5) is 0 Å². The molecule has 0 aliphatic heterocycles. The summed E-state index contributed by atoms with van der Waals surface area (Å²) >= 11 is 4.90. The lowest BCUT2D eigenvalue weighted by molar-refractivity contribution is -0.135. The summed E-state index contributed by atoms with van der Waals surface area (Å²) in [6.45, 7) is 5.22. The maximum atomic E-state index is 12.0. The van der Waals surface area contributed by atoms with Crippen LogP contribution in [-0.4, -0.2) is 54.9 Å². The standard InChI is InChI=1S/C11H23N3OS/c1-11(2,9(12)16)10(15)14(5)8-6-7-13(3)4/h6-8H2,1-5H3,(H2,12,16). The van der Waals surface area contributed by atoms with Crippen molar-refractivity contribution in [2.45, 2.75) is 20.3 Å². The second-order valence-electron chi connectivity index (χ2n) is 4.87. The number of nitrogens with two attached hydrogens (primary N) is 1. The SMILES string of the molecule is CN(C)CCCN(C)C(=O)C(C)(C)C(N)=S. The molecule has 0 bridgehead atoms. The molecule has 0 aromatic rings. The van der Waals surface area contributed by atoms with Crippen LogP contribution in [0, 0.1) is 5.41 Å². The third kappa shape index (κ3) is 4.45. The van der Waals surface area contributed by atoms with Crippen molar-refractivity contribution in [2.24, 2.45) is 11.1 Å². The molecule has 0 spiro atoms. The van der Waals surface area contributed by atoms with E-state index in [2.05, 4.69) is 4.90 Å². The van der Waals surface area contributed by atoms with Gasteiger partial charge in [0, 0.05) is 13.6 Å². The molecule has 16 heavy (non-hydrogen) atoms. The van der Waals surface area contributed by atoms with Crippen molar-refractivity contribution in [1.82, 2.24) is 9.80 Å². The van der Waals surface area contributed by atoms with Crippen LogP contribution < -0.4 is 5.73 Å². The van der Waals surface area contributed by atoms with E-state index < -0.39 is 5.41 Å². The Hall–Kier alpha value is -0.680. The molecule has 4 nitrogen and oxygen atoms in total. The van der Waals surface area contributed by atoms with Gasteiger partial charge in [-0.25, -0.2) is 0 Å². The minimum Gasteiger partial charge on any atom is -0.392 e. The fraction of sp³-hybridized carbons (Fsp3) is 0.818. The second kappa shape index (κ2) is 6.15. The Balaban J connectivity index is 4.24. The lowest BCUT2D eigenvalue weighted by atomic mass is 9.92. The predicted octanol–water partition coefficient (Wildman–Crippen LogP) is 0.709.